The van der Waals surface area contributed by atoms with Crippen LogP contribution in [0.25, 0.3) is 0 Å². The molecule has 1 heterocycles. The summed E-state index contributed by atoms with van der Waals surface area (Å²) in [7, 11) is 1.60. The van der Waals surface area contributed by atoms with Crippen LogP contribution in [0, 0.1) is 0 Å². The molecule has 1 atom stereocenters. The normalized spacial score (nSPS) is 12.1. The van der Waals surface area contributed by atoms with E-state index >= 15 is 0 Å². The van der Waals surface area contributed by atoms with E-state index in [1.54, 1.807) is 13.3 Å². The number of nitrogens with one attached hydrogen (secondary N) is 1. The Kier molecular flexibility index (Phi) is 3.69. The number of aromatic nitrogens is 1. The highest BCUT2D eigenvalue weighted by Crippen LogP contribution is 2.27. The highest BCUT2D eigenvalue weighted by Gasteiger charge is 2.16. The smallest absolute Gasteiger partial charge is 0.218 e. The van der Waals surface area contributed by atoms with Crippen molar-refractivity contribution in [2.75, 3.05) is 7.11 Å². The molecule has 1 unspecified atom stereocenters. The Bertz CT molecular complexity index is 473. The van der Waals surface area contributed by atoms with Gasteiger partial charge in [0.2, 0.25) is 5.88 Å². The number of hydrazine groups is 1. The minimum atomic E-state index is -0.125. The van der Waals surface area contributed by atoms with Gasteiger partial charge in [-0.05, 0) is 11.6 Å². The van der Waals surface area contributed by atoms with Gasteiger partial charge in [-0.25, -0.2) is 10.4 Å². The van der Waals surface area contributed by atoms with E-state index in [0.717, 1.165) is 11.1 Å². The van der Waals surface area contributed by atoms with Crippen molar-refractivity contribution in [1.82, 2.24) is 10.4 Å². The van der Waals surface area contributed by atoms with Crippen molar-refractivity contribution in [1.29, 1.82) is 0 Å². The van der Waals surface area contributed by atoms with Crippen LogP contribution < -0.4 is 16.0 Å². The van der Waals surface area contributed by atoms with Crippen LogP contribution in [0.3, 0.4) is 0 Å². The Morgan fingerprint density at radius 1 is 1.18 bits per heavy atom. The number of methoxy groups -OCH3 is 1. The predicted molar refractivity (Wildman–Crippen MR) is 66.4 cm³/mol. The summed E-state index contributed by atoms with van der Waals surface area (Å²) in [5.74, 6) is 6.21. The van der Waals surface area contributed by atoms with Gasteiger partial charge >= 0.3 is 0 Å². The maximum Gasteiger partial charge on any atom is 0.218 e. The van der Waals surface area contributed by atoms with Gasteiger partial charge in [0.1, 0.15) is 0 Å². The van der Waals surface area contributed by atoms with E-state index < -0.39 is 0 Å². The quantitative estimate of drug-likeness (QED) is 0.618. The average Bonchev–Trinajstić information content (AvgIpc) is 2.41. The van der Waals surface area contributed by atoms with Crippen molar-refractivity contribution in [3.05, 3.63) is 59.8 Å². The van der Waals surface area contributed by atoms with Crippen LogP contribution in [0.1, 0.15) is 17.2 Å². The standard InChI is InChI=1S/C13H15N3O/c1-17-13-11(8-5-9-15-13)12(16-14)10-6-3-2-4-7-10/h2-9,12,16H,14H2,1H3. The lowest BCUT2D eigenvalue weighted by Gasteiger charge is -2.18. The summed E-state index contributed by atoms with van der Waals surface area (Å²) in [6, 6.07) is 13.6. The summed E-state index contributed by atoms with van der Waals surface area (Å²) >= 11 is 0. The van der Waals surface area contributed by atoms with Gasteiger partial charge in [-0.1, -0.05) is 36.4 Å². The molecule has 3 N–H and O–H groups in total. The number of nitrogens with two attached hydrogens (primary N) is 1. The molecule has 0 saturated heterocycles. The van der Waals surface area contributed by atoms with E-state index in [2.05, 4.69) is 10.4 Å². The summed E-state index contributed by atoms with van der Waals surface area (Å²) in [6.07, 6.45) is 1.70. The molecule has 4 nitrogen and oxygen atoms in total. The van der Waals surface area contributed by atoms with E-state index in [4.69, 9.17) is 10.6 Å². The van der Waals surface area contributed by atoms with E-state index in [1.165, 1.54) is 0 Å². The molecule has 0 amide bonds. The van der Waals surface area contributed by atoms with Crippen molar-refractivity contribution in [3.63, 3.8) is 0 Å². The van der Waals surface area contributed by atoms with Gasteiger partial charge in [0.25, 0.3) is 0 Å². The van der Waals surface area contributed by atoms with Crippen molar-refractivity contribution >= 4 is 0 Å². The van der Waals surface area contributed by atoms with E-state index in [9.17, 15) is 0 Å². The van der Waals surface area contributed by atoms with Crippen LogP contribution in [-0.4, -0.2) is 12.1 Å². The van der Waals surface area contributed by atoms with Crippen LogP contribution in [-0.2, 0) is 0 Å². The molecule has 0 bridgehead atoms. The molecular formula is C13H15N3O. The summed E-state index contributed by atoms with van der Waals surface area (Å²) in [5.41, 5.74) is 4.78. The number of hydrogen-bond acceptors (Lipinski definition) is 4. The van der Waals surface area contributed by atoms with Gasteiger partial charge < -0.3 is 4.74 Å². The van der Waals surface area contributed by atoms with Crippen molar-refractivity contribution in [2.24, 2.45) is 5.84 Å². The van der Waals surface area contributed by atoms with Gasteiger partial charge in [0, 0.05) is 11.8 Å². The van der Waals surface area contributed by atoms with Crippen molar-refractivity contribution in [2.45, 2.75) is 6.04 Å². The van der Waals surface area contributed by atoms with Crippen LogP contribution >= 0.6 is 0 Å². The molecule has 17 heavy (non-hydrogen) atoms. The molecule has 0 aliphatic carbocycles. The second kappa shape index (κ2) is 5.43. The van der Waals surface area contributed by atoms with Gasteiger partial charge in [-0.2, -0.15) is 0 Å². The fourth-order valence-electron chi connectivity index (χ4n) is 1.80. The maximum atomic E-state index is 5.63. The maximum absolute atomic E-state index is 5.63. The summed E-state index contributed by atoms with van der Waals surface area (Å²) in [5, 5.41) is 0. The lowest BCUT2D eigenvalue weighted by atomic mass is 10.0. The molecule has 0 saturated carbocycles. The Morgan fingerprint density at radius 3 is 2.59 bits per heavy atom. The zero-order chi connectivity index (χ0) is 12.1. The average molecular weight is 229 g/mol. The number of ether oxygens (including phenoxy) is 1. The van der Waals surface area contributed by atoms with Gasteiger partial charge in [-0.3, -0.25) is 5.84 Å². The fraction of sp³-hybridized carbons (Fsp3) is 0.154. The lowest BCUT2D eigenvalue weighted by molar-refractivity contribution is 0.387. The topological polar surface area (TPSA) is 60.2 Å². The van der Waals surface area contributed by atoms with E-state index in [0.29, 0.717) is 5.88 Å². The fourth-order valence-corrected chi connectivity index (χ4v) is 1.80. The van der Waals surface area contributed by atoms with Gasteiger partial charge in [-0.15, -0.1) is 0 Å². The molecule has 2 aromatic rings. The summed E-state index contributed by atoms with van der Waals surface area (Å²) in [6.45, 7) is 0. The molecule has 0 fully saturated rings. The number of hydrogen-bond donors (Lipinski definition) is 2. The highest BCUT2D eigenvalue weighted by molar-refractivity contribution is 5.37. The first-order chi connectivity index (χ1) is 8.36. The molecule has 88 valence electrons. The van der Waals surface area contributed by atoms with Crippen LogP contribution in [0.2, 0.25) is 0 Å². The number of pyridine rings is 1. The van der Waals surface area contributed by atoms with E-state index in [1.807, 2.05) is 42.5 Å². The number of benzene rings is 1. The third kappa shape index (κ3) is 2.43. The highest BCUT2D eigenvalue weighted by atomic mass is 16.5. The molecule has 0 aliphatic heterocycles. The number of rotatable bonds is 4. The Hall–Kier alpha value is -1.91. The molecule has 1 aromatic carbocycles. The molecule has 0 spiro atoms. The zero-order valence-electron chi connectivity index (χ0n) is 9.63. The first kappa shape index (κ1) is 11.6. The molecule has 1 aromatic heterocycles. The Morgan fingerprint density at radius 2 is 1.94 bits per heavy atom. The van der Waals surface area contributed by atoms with Gasteiger partial charge in [0.15, 0.2) is 0 Å². The summed E-state index contributed by atoms with van der Waals surface area (Å²) < 4.78 is 5.24. The van der Waals surface area contributed by atoms with Gasteiger partial charge in [0.05, 0.1) is 13.2 Å². The third-order valence-electron chi connectivity index (χ3n) is 2.60. The van der Waals surface area contributed by atoms with Crippen LogP contribution in [0.15, 0.2) is 48.7 Å². The predicted octanol–water partition coefficient (Wildman–Crippen LogP) is 1.64. The lowest BCUT2D eigenvalue weighted by Crippen LogP contribution is -2.29. The van der Waals surface area contributed by atoms with Crippen molar-refractivity contribution in [3.8, 4) is 5.88 Å². The largest absolute Gasteiger partial charge is 0.481 e. The molecular weight excluding hydrogens is 214 g/mol. The second-order valence-corrected chi connectivity index (χ2v) is 3.61. The molecule has 4 heteroatoms. The Labute approximate surface area is 100 Å². The third-order valence-corrected chi connectivity index (χ3v) is 2.60. The minimum Gasteiger partial charge on any atom is -0.481 e. The van der Waals surface area contributed by atoms with E-state index in [-0.39, 0.29) is 6.04 Å². The number of nitrogens with zero attached hydrogens (tertiary/aromatic N) is 1. The minimum absolute atomic E-state index is 0.125. The first-order valence-corrected chi connectivity index (χ1v) is 5.36. The van der Waals surface area contributed by atoms with Crippen LogP contribution in [0.5, 0.6) is 5.88 Å². The Balaban J connectivity index is 2.42. The summed E-state index contributed by atoms with van der Waals surface area (Å²) in [4.78, 5) is 4.17. The van der Waals surface area contributed by atoms with Crippen LogP contribution in [0.4, 0.5) is 0 Å². The SMILES string of the molecule is COc1ncccc1C(NN)c1ccccc1. The molecule has 2 rings (SSSR count). The second-order valence-electron chi connectivity index (χ2n) is 3.61. The molecule has 0 radical (unpaired) electrons. The van der Waals surface area contributed by atoms with Crippen molar-refractivity contribution < 1.29 is 4.74 Å². The zero-order valence-corrected chi connectivity index (χ0v) is 9.63. The molecule has 0 aliphatic rings. The first-order valence-electron chi connectivity index (χ1n) is 5.36. The monoisotopic (exact) mass is 229 g/mol.